The number of hydrogen-bond acceptors (Lipinski definition) is 5. The molecule has 1 amide bonds. The van der Waals surface area contributed by atoms with Gasteiger partial charge in [-0.1, -0.05) is 19.0 Å². The summed E-state index contributed by atoms with van der Waals surface area (Å²) in [6.07, 6.45) is 1.58. The fourth-order valence-corrected chi connectivity index (χ4v) is 2.94. The van der Waals surface area contributed by atoms with Crippen LogP contribution in [0.2, 0.25) is 0 Å². The SMILES string of the molecule is CCc1noc(CC)c1CC(=O)NCc1cc(F)cc2c1OCOC2. The first-order valence-electron chi connectivity index (χ1n) is 8.37. The molecule has 1 aromatic heterocycles. The number of carbonyl (C=O) groups excluding carboxylic acids is 1. The maximum atomic E-state index is 13.7. The van der Waals surface area contributed by atoms with Gasteiger partial charge in [-0.2, -0.15) is 0 Å². The maximum Gasteiger partial charge on any atom is 0.224 e. The van der Waals surface area contributed by atoms with E-state index in [-0.39, 0.29) is 31.5 Å². The smallest absolute Gasteiger partial charge is 0.224 e. The van der Waals surface area contributed by atoms with Gasteiger partial charge in [-0.05, 0) is 18.6 Å². The molecular formula is C18H21FN2O4. The van der Waals surface area contributed by atoms with Gasteiger partial charge in [-0.15, -0.1) is 0 Å². The zero-order valence-corrected chi connectivity index (χ0v) is 14.4. The van der Waals surface area contributed by atoms with Gasteiger partial charge in [0.1, 0.15) is 17.3 Å². The second kappa shape index (κ2) is 7.65. The lowest BCUT2D eigenvalue weighted by Crippen LogP contribution is -2.26. The van der Waals surface area contributed by atoms with Crippen molar-refractivity contribution >= 4 is 5.91 Å². The monoisotopic (exact) mass is 348 g/mol. The van der Waals surface area contributed by atoms with Crippen LogP contribution >= 0.6 is 0 Å². The summed E-state index contributed by atoms with van der Waals surface area (Å²) in [6.45, 7) is 4.54. The minimum atomic E-state index is -0.377. The van der Waals surface area contributed by atoms with Gasteiger partial charge in [0.25, 0.3) is 0 Å². The van der Waals surface area contributed by atoms with Crippen LogP contribution in [0, 0.1) is 5.82 Å². The summed E-state index contributed by atoms with van der Waals surface area (Å²) in [5.41, 5.74) is 2.89. The predicted octanol–water partition coefficient (Wildman–Crippen LogP) is 2.66. The molecule has 2 heterocycles. The van der Waals surface area contributed by atoms with Gasteiger partial charge in [0.2, 0.25) is 5.91 Å². The van der Waals surface area contributed by atoms with Crippen molar-refractivity contribution in [2.75, 3.05) is 6.79 Å². The van der Waals surface area contributed by atoms with Gasteiger partial charge in [0.05, 0.1) is 18.7 Å². The molecule has 0 radical (unpaired) electrons. The minimum Gasteiger partial charge on any atom is -0.467 e. The highest BCUT2D eigenvalue weighted by molar-refractivity contribution is 5.79. The number of aryl methyl sites for hydroxylation is 2. The molecule has 6 nitrogen and oxygen atoms in total. The first-order chi connectivity index (χ1) is 12.1. The molecule has 1 aliphatic heterocycles. The van der Waals surface area contributed by atoms with E-state index in [1.807, 2.05) is 13.8 Å². The largest absolute Gasteiger partial charge is 0.467 e. The number of nitrogens with zero attached hydrogens (tertiary/aromatic N) is 1. The molecule has 0 atom stereocenters. The summed E-state index contributed by atoms with van der Waals surface area (Å²) in [5, 5.41) is 6.83. The third-order valence-corrected chi connectivity index (χ3v) is 4.17. The van der Waals surface area contributed by atoms with Crippen molar-refractivity contribution in [3.05, 3.63) is 46.1 Å². The third kappa shape index (κ3) is 3.82. The van der Waals surface area contributed by atoms with Gasteiger partial charge < -0.3 is 19.3 Å². The van der Waals surface area contributed by atoms with E-state index in [1.54, 1.807) is 0 Å². The van der Waals surface area contributed by atoms with Crippen LogP contribution < -0.4 is 10.1 Å². The Morgan fingerprint density at radius 3 is 2.92 bits per heavy atom. The molecule has 0 saturated carbocycles. The van der Waals surface area contributed by atoms with Crippen LogP contribution in [0.1, 0.15) is 42.0 Å². The quantitative estimate of drug-likeness (QED) is 0.869. The number of fused-ring (bicyclic) bond motifs is 1. The Morgan fingerprint density at radius 2 is 2.16 bits per heavy atom. The molecule has 1 N–H and O–H groups in total. The maximum absolute atomic E-state index is 13.7. The minimum absolute atomic E-state index is 0.125. The molecule has 2 aromatic rings. The summed E-state index contributed by atoms with van der Waals surface area (Å²) in [6, 6.07) is 2.76. The Kier molecular flexibility index (Phi) is 5.33. The summed E-state index contributed by atoms with van der Waals surface area (Å²) in [7, 11) is 0. The lowest BCUT2D eigenvalue weighted by molar-refractivity contribution is -0.120. The van der Waals surface area contributed by atoms with Crippen molar-refractivity contribution in [3.8, 4) is 5.75 Å². The van der Waals surface area contributed by atoms with Crippen LogP contribution in [0.25, 0.3) is 0 Å². The predicted molar refractivity (Wildman–Crippen MR) is 87.5 cm³/mol. The first kappa shape index (κ1) is 17.4. The van der Waals surface area contributed by atoms with Crippen molar-refractivity contribution in [1.82, 2.24) is 10.5 Å². The van der Waals surface area contributed by atoms with Crippen molar-refractivity contribution in [2.24, 2.45) is 0 Å². The number of carbonyl (C=O) groups is 1. The number of halogens is 1. The molecule has 0 aliphatic carbocycles. The van der Waals surface area contributed by atoms with Crippen LogP contribution in [0.3, 0.4) is 0 Å². The molecule has 1 aliphatic rings. The number of aromatic nitrogens is 1. The van der Waals surface area contributed by atoms with Crippen LogP contribution in [0.15, 0.2) is 16.7 Å². The molecule has 134 valence electrons. The van der Waals surface area contributed by atoms with Gasteiger partial charge in [0.15, 0.2) is 6.79 Å². The molecule has 0 saturated heterocycles. The van der Waals surface area contributed by atoms with Gasteiger partial charge >= 0.3 is 0 Å². The molecule has 0 bridgehead atoms. The van der Waals surface area contributed by atoms with E-state index in [4.69, 9.17) is 14.0 Å². The molecule has 0 fully saturated rings. The number of hydrogen-bond donors (Lipinski definition) is 1. The van der Waals surface area contributed by atoms with Crippen molar-refractivity contribution in [3.63, 3.8) is 0 Å². The normalized spacial score (nSPS) is 13.2. The van der Waals surface area contributed by atoms with E-state index in [0.717, 1.165) is 17.0 Å². The molecule has 0 spiro atoms. The third-order valence-electron chi connectivity index (χ3n) is 4.17. The fourth-order valence-electron chi connectivity index (χ4n) is 2.94. The van der Waals surface area contributed by atoms with Crippen molar-refractivity contribution in [2.45, 2.75) is 46.3 Å². The molecule has 0 unspecified atom stereocenters. The number of ether oxygens (including phenoxy) is 2. The van der Waals surface area contributed by atoms with E-state index >= 15 is 0 Å². The first-order valence-corrected chi connectivity index (χ1v) is 8.37. The zero-order chi connectivity index (χ0) is 17.8. The number of benzene rings is 1. The van der Waals surface area contributed by atoms with E-state index in [9.17, 15) is 9.18 Å². The van der Waals surface area contributed by atoms with E-state index in [0.29, 0.717) is 36.3 Å². The standard InChI is InChI=1S/C18H21FN2O4/c1-3-15-14(16(4-2)25-21-15)7-17(22)20-8-11-5-13(19)6-12-9-23-10-24-18(11)12/h5-6H,3-4,7-10H2,1-2H3,(H,20,22). The lowest BCUT2D eigenvalue weighted by Gasteiger charge is -2.21. The van der Waals surface area contributed by atoms with Crippen molar-refractivity contribution in [1.29, 1.82) is 0 Å². The zero-order valence-electron chi connectivity index (χ0n) is 14.4. The Bertz CT molecular complexity index is 751. The fraction of sp³-hybridized carbons (Fsp3) is 0.444. The molecule has 25 heavy (non-hydrogen) atoms. The Hall–Kier alpha value is -2.41. The summed E-state index contributed by atoms with van der Waals surface area (Å²) in [4.78, 5) is 12.3. The lowest BCUT2D eigenvalue weighted by atomic mass is 10.1. The van der Waals surface area contributed by atoms with Crippen LogP contribution in [-0.2, 0) is 41.9 Å². The van der Waals surface area contributed by atoms with Crippen LogP contribution in [-0.4, -0.2) is 17.9 Å². The molecular weight excluding hydrogens is 327 g/mol. The van der Waals surface area contributed by atoms with Gasteiger partial charge in [0, 0.05) is 29.7 Å². The van der Waals surface area contributed by atoms with E-state index < -0.39 is 0 Å². The summed E-state index contributed by atoms with van der Waals surface area (Å²) in [5.74, 6) is 0.771. The highest BCUT2D eigenvalue weighted by Crippen LogP contribution is 2.29. The summed E-state index contributed by atoms with van der Waals surface area (Å²) >= 11 is 0. The van der Waals surface area contributed by atoms with E-state index in [2.05, 4.69) is 10.5 Å². The molecule has 7 heteroatoms. The van der Waals surface area contributed by atoms with Gasteiger partial charge in [-0.25, -0.2) is 4.39 Å². The average Bonchev–Trinajstić information content (AvgIpc) is 3.01. The second-order valence-corrected chi connectivity index (χ2v) is 5.86. The van der Waals surface area contributed by atoms with Gasteiger partial charge in [-0.3, -0.25) is 4.79 Å². The average molecular weight is 348 g/mol. The Morgan fingerprint density at radius 1 is 1.32 bits per heavy atom. The second-order valence-electron chi connectivity index (χ2n) is 5.86. The number of amides is 1. The Labute approximate surface area is 145 Å². The molecule has 3 rings (SSSR count). The number of rotatable bonds is 6. The van der Waals surface area contributed by atoms with Crippen molar-refractivity contribution < 1.29 is 23.2 Å². The van der Waals surface area contributed by atoms with E-state index in [1.165, 1.54) is 12.1 Å². The molecule has 1 aromatic carbocycles. The van der Waals surface area contributed by atoms with Crippen LogP contribution in [0.4, 0.5) is 4.39 Å². The summed E-state index contributed by atoms with van der Waals surface area (Å²) < 4.78 is 29.6. The topological polar surface area (TPSA) is 73.6 Å². The van der Waals surface area contributed by atoms with Crippen LogP contribution in [0.5, 0.6) is 5.75 Å². The highest BCUT2D eigenvalue weighted by atomic mass is 19.1. The number of nitrogens with one attached hydrogen (secondary N) is 1. The highest BCUT2D eigenvalue weighted by Gasteiger charge is 2.19. The Balaban J connectivity index is 1.69.